The molecule has 0 spiro atoms. The normalized spacial score (nSPS) is 11.4. The summed E-state index contributed by atoms with van der Waals surface area (Å²) in [4.78, 5) is 8.24. The summed E-state index contributed by atoms with van der Waals surface area (Å²) in [6.07, 6.45) is 2.20. The van der Waals surface area contributed by atoms with E-state index >= 15 is 0 Å². The second-order valence-corrected chi connectivity index (χ2v) is 6.28. The molecule has 0 aliphatic heterocycles. The van der Waals surface area contributed by atoms with E-state index < -0.39 is 0 Å². The maximum Gasteiger partial charge on any atom is 0.140 e. The molecule has 3 nitrogen and oxygen atoms in total. The minimum absolute atomic E-state index is 0.849. The van der Waals surface area contributed by atoms with Crippen LogP contribution >= 0.6 is 0 Å². The molecule has 5 aromatic rings. The van der Waals surface area contributed by atoms with Crippen molar-refractivity contribution in [1.29, 1.82) is 0 Å². The van der Waals surface area contributed by atoms with Crippen LogP contribution in [0.5, 0.6) is 0 Å². The third-order valence-corrected chi connectivity index (χ3v) is 4.63. The molecule has 0 unspecified atom stereocenters. The van der Waals surface area contributed by atoms with Gasteiger partial charge in [-0.25, -0.2) is 4.98 Å². The monoisotopic (exact) mass is 323 g/mol. The van der Waals surface area contributed by atoms with Crippen LogP contribution in [0.3, 0.4) is 0 Å². The average molecular weight is 323 g/mol. The van der Waals surface area contributed by atoms with E-state index in [2.05, 4.69) is 76.4 Å². The highest BCUT2D eigenvalue weighted by Crippen LogP contribution is 2.30. The number of hydrogen-bond donors (Lipinski definition) is 1. The van der Waals surface area contributed by atoms with Crippen LogP contribution in [-0.2, 0) is 6.54 Å². The Hall–Kier alpha value is -3.33. The zero-order valence-electron chi connectivity index (χ0n) is 13.7. The number of imidazole rings is 1. The summed E-state index contributed by atoms with van der Waals surface area (Å²) in [5, 5.41) is 1.22. The molecule has 2 aromatic heterocycles. The SMILES string of the molecule is c1ccc(Cn2cc(-c3nc4ccccc4[nH]3)c3ccccc32)cc1. The van der Waals surface area contributed by atoms with Gasteiger partial charge in [-0.15, -0.1) is 0 Å². The van der Waals surface area contributed by atoms with Crippen LogP contribution in [0.25, 0.3) is 33.3 Å². The molecule has 0 bridgehead atoms. The molecule has 2 heterocycles. The van der Waals surface area contributed by atoms with E-state index in [1.54, 1.807) is 0 Å². The Morgan fingerprint density at radius 3 is 2.44 bits per heavy atom. The van der Waals surface area contributed by atoms with Gasteiger partial charge in [-0.05, 0) is 23.8 Å². The molecule has 120 valence electrons. The first-order valence-electron chi connectivity index (χ1n) is 8.45. The highest BCUT2D eigenvalue weighted by atomic mass is 15.0. The number of rotatable bonds is 3. The van der Waals surface area contributed by atoms with Gasteiger partial charge in [0.2, 0.25) is 0 Å². The van der Waals surface area contributed by atoms with Crippen LogP contribution in [0, 0.1) is 0 Å². The van der Waals surface area contributed by atoms with E-state index in [0.29, 0.717) is 0 Å². The van der Waals surface area contributed by atoms with Crippen LogP contribution in [-0.4, -0.2) is 14.5 Å². The summed E-state index contributed by atoms with van der Waals surface area (Å²) in [5.41, 5.74) is 5.72. The van der Waals surface area contributed by atoms with Crippen molar-refractivity contribution >= 4 is 21.9 Å². The number of fused-ring (bicyclic) bond motifs is 2. The number of aromatic amines is 1. The van der Waals surface area contributed by atoms with Crippen LogP contribution in [0.2, 0.25) is 0 Å². The minimum Gasteiger partial charge on any atom is -0.342 e. The maximum atomic E-state index is 4.78. The van der Waals surface area contributed by atoms with Gasteiger partial charge in [0.05, 0.1) is 11.0 Å². The molecule has 1 N–H and O–H groups in total. The molecule has 5 rings (SSSR count). The number of H-pyrrole nitrogens is 1. The fraction of sp³-hybridized carbons (Fsp3) is 0.0455. The number of aromatic nitrogens is 3. The van der Waals surface area contributed by atoms with Crippen molar-refractivity contribution in [3.05, 3.63) is 90.6 Å². The van der Waals surface area contributed by atoms with Gasteiger partial charge in [0.1, 0.15) is 5.82 Å². The number of benzene rings is 3. The Labute approximate surface area is 145 Å². The third kappa shape index (κ3) is 2.41. The lowest BCUT2D eigenvalue weighted by molar-refractivity contribution is 0.837. The van der Waals surface area contributed by atoms with Crippen molar-refractivity contribution in [2.24, 2.45) is 0 Å². The summed E-state index contributed by atoms with van der Waals surface area (Å²) in [5.74, 6) is 0.921. The van der Waals surface area contributed by atoms with Crippen LogP contribution in [0.1, 0.15) is 5.56 Å². The van der Waals surface area contributed by atoms with E-state index in [4.69, 9.17) is 4.98 Å². The third-order valence-electron chi connectivity index (χ3n) is 4.63. The van der Waals surface area contributed by atoms with Gasteiger partial charge in [-0.3, -0.25) is 0 Å². The van der Waals surface area contributed by atoms with Crippen LogP contribution in [0.15, 0.2) is 85.1 Å². The summed E-state index contributed by atoms with van der Waals surface area (Å²) in [6, 6.07) is 27.2. The van der Waals surface area contributed by atoms with Gasteiger partial charge in [-0.1, -0.05) is 60.7 Å². The van der Waals surface area contributed by atoms with Gasteiger partial charge < -0.3 is 9.55 Å². The average Bonchev–Trinajstić information content (AvgIpc) is 3.24. The zero-order valence-corrected chi connectivity index (χ0v) is 13.7. The molecule has 0 amide bonds. The Balaban J connectivity index is 1.68. The summed E-state index contributed by atoms with van der Waals surface area (Å²) < 4.78 is 2.30. The lowest BCUT2D eigenvalue weighted by Gasteiger charge is -2.05. The van der Waals surface area contributed by atoms with Gasteiger partial charge in [0.15, 0.2) is 0 Å². The Kier molecular flexibility index (Phi) is 3.17. The molecular formula is C22H17N3. The molecule has 25 heavy (non-hydrogen) atoms. The number of para-hydroxylation sites is 3. The highest BCUT2D eigenvalue weighted by molar-refractivity contribution is 5.96. The molecule has 0 saturated carbocycles. The largest absolute Gasteiger partial charge is 0.342 e. The Morgan fingerprint density at radius 1 is 0.800 bits per heavy atom. The van der Waals surface area contributed by atoms with Crippen molar-refractivity contribution < 1.29 is 0 Å². The molecule has 3 aromatic carbocycles. The summed E-state index contributed by atoms with van der Waals surface area (Å²) in [7, 11) is 0. The van der Waals surface area contributed by atoms with Gasteiger partial charge >= 0.3 is 0 Å². The number of hydrogen-bond acceptors (Lipinski definition) is 1. The first kappa shape index (κ1) is 14.1. The molecular weight excluding hydrogens is 306 g/mol. The Bertz CT molecular complexity index is 1130. The quantitative estimate of drug-likeness (QED) is 0.484. The van der Waals surface area contributed by atoms with Crippen molar-refractivity contribution in [2.45, 2.75) is 6.54 Å². The second kappa shape index (κ2) is 5.64. The Morgan fingerprint density at radius 2 is 1.56 bits per heavy atom. The number of nitrogens with one attached hydrogen (secondary N) is 1. The van der Waals surface area contributed by atoms with Crippen molar-refractivity contribution in [3.63, 3.8) is 0 Å². The molecule has 0 atom stereocenters. The van der Waals surface area contributed by atoms with E-state index in [-0.39, 0.29) is 0 Å². The zero-order chi connectivity index (χ0) is 16.6. The molecule has 0 radical (unpaired) electrons. The van der Waals surface area contributed by atoms with Gasteiger partial charge in [0, 0.05) is 29.2 Å². The standard InChI is InChI=1S/C22H17N3/c1-2-8-16(9-3-1)14-25-15-18(17-10-4-7-13-21(17)25)22-23-19-11-5-6-12-20(19)24-22/h1-13,15H,14H2,(H,23,24). The highest BCUT2D eigenvalue weighted by Gasteiger charge is 2.13. The second-order valence-electron chi connectivity index (χ2n) is 6.28. The van der Waals surface area contributed by atoms with Crippen molar-refractivity contribution in [2.75, 3.05) is 0 Å². The predicted octanol–water partition coefficient (Wildman–Crippen LogP) is 5.23. The van der Waals surface area contributed by atoms with E-state index in [1.165, 1.54) is 16.5 Å². The molecule has 0 aliphatic carbocycles. The van der Waals surface area contributed by atoms with Crippen LogP contribution in [0.4, 0.5) is 0 Å². The number of nitrogens with zero attached hydrogens (tertiary/aromatic N) is 2. The minimum atomic E-state index is 0.849. The smallest absolute Gasteiger partial charge is 0.140 e. The van der Waals surface area contributed by atoms with E-state index in [1.807, 2.05) is 18.2 Å². The lowest BCUT2D eigenvalue weighted by atomic mass is 10.1. The molecule has 0 aliphatic rings. The molecule has 0 saturated heterocycles. The first-order valence-corrected chi connectivity index (χ1v) is 8.45. The summed E-state index contributed by atoms with van der Waals surface area (Å²) >= 11 is 0. The van der Waals surface area contributed by atoms with E-state index in [9.17, 15) is 0 Å². The van der Waals surface area contributed by atoms with Crippen molar-refractivity contribution in [3.8, 4) is 11.4 Å². The fourth-order valence-electron chi connectivity index (χ4n) is 3.43. The molecule has 0 fully saturated rings. The van der Waals surface area contributed by atoms with Gasteiger partial charge in [0.25, 0.3) is 0 Å². The van der Waals surface area contributed by atoms with Gasteiger partial charge in [-0.2, -0.15) is 0 Å². The van der Waals surface area contributed by atoms with Crippen LogP contribution < -0.4 is 0 Å². The summed E-state index contributed by atoms with van der Waals surface area (Å²) in [6.45, 7) is 0.849. The topological polar surface area (TPSA) is 33.6 Å². The molecule has 3 heteroatoms. The lowest BCUT2D eigenvalue weighted by Crippen LogP contribution is -1.97. The fourth-order valence-corrected chi connectivity index (χ4v) is 3.43. The predicted molar refractivity (Wildman–Crippen MR) is 103 cm³/mol. The first-order chi connectivity index (χ1) is 12.4. The maximum absolute atomic E-state index is 4.78. The van der Waals surface area contributed by atoms with E-state index in [0.717, 1.165) is 29.0 Å². The van der Waals surface area contributed by atoms with Crippen molar-refractivity contribution in [1.82, 2.24) is 14.5 Å².